The molecule has 24 heavy (non-hydrogen) atoms. The van der Waals surface area contributed by atoms with E-state index in [0.29, 0.717) is 6.54 Å². The first kappa shape index (κ1) is 16.5. The van der Waals surface area contributed by atoms with E-state index < -0.39 is 11.2 Å². The maximum absolute atomic E-state index is 12.2. The SMILES string of the molecule is Cn1nc(NC[C@@H](c2ccco2)N2CCCCC2)c(=O)n(C)c1=O. The molecule has 3 rings (SSSR count). The van der Waals surface area contributed by atoms with E-state index in [2.05, 4.69) is 15.3 Å². The molecule has 0 unspecified atom stereocenters. The van der Waals surface area contributed by atoms with Crippen LogP contribution >= 0.6 is 0 Å². The van der Waals surface area contributed by atoms with Crippen LogP contribution in [-0.2, 0) is 14.1 Å². The van der Waals surface area contributed by atoms with Gasteiger partial charge >= 0.3 is 5.69 Å². The molecule has 1 saturated heterocycles. The maximum atomic E-state index is 12.2. The highest BCUT2D eigenvalue weighted by atomic mass is 16.3. The molecule has 1 atom stereocenters. The Morgan fingerprint density at radius 3 is 2.67 bits per heavy atom. The van der Waals surface area contributed by atoms with E-state index in [1.807, 2.05) is 12.1 Å². The molecule has 2 aromatic rings. The van der Waals surface area contributed by atoms with Crippen LogP contribution in [0.4, 0.5) is 5.82 Å². The van der Waals surface area contributed by atoms with Crippen molar-refractivity contribution >= 4 is 5.82 Å². The van der Waals surface area contributed by atoms with Gasteiger partial charge in [0.15, 0.2) is 0 Å². The molecule has 1 fully saturated rings. The zero-order valence-electron chi connectivity index (χ0n) is 14.1. The minimum atomic E-state index is -0.441. The van der Waals surface area contributed by atoms with Crippen LogP contribution in [0.5, 0.6) is 0 Å². The number of nitrogens with one attached hydrogen (secondary N) is 1. The molecule has 2 aromatic heterocycles. The molecule has 1 N–H and O–H groups in total. The van der Waals surface area contributed by atoms with E-state index in [4.69, 9.17) is 4.42 Å². The van der Waals surface area contributed by atoms with Gasteiger partial charge in [-0.2, -0.15) is 0 Å². The van der Waals surface area contributed by atoms with Crippen molar-refractivity contribution in [1.29, 1.82) is 0 Å². The van der Waals surface area contributed by atoms with Crippen molar-refractivity contribution in [2.24, 2.45) is 14.1 Å². The highest BCUT2D eigenvalue weighted by Gasteiger charge is 2.25. The largest absolute Gasteiger partial charge is 0.468 e. The molecule has 130 valence electrons. The van der Waals surface area contributed by atoms with Crippen LogP contribution in [0.1, 0.15) is 31.1 Å². The van der Waals surface area contributed by atoms with Crippen molar-refractivity contribution in [3.8, 4) is 0 Å². The summed E-state index contributed by atoms with van der Waals surface area (Å²) in [7, 11) is 2.98. The third-order valence-corrected chi connectivity index (χ3v) is 4.49. The average Bonchev–Trinajstić information content (AvgIpc) is 3.13. The Bertz CT molecular complexity index is 787. The maximum Gasteiger partial charge on any atom is 0.346 e. The number of aromatic nitrogens is 3. The molecule has 0 bridgehead atoms. The van der Waals surface area contributed by atoms with E-state index in [-0.39, 0.29) is 11.9 Å². The van der Waals surface area contributed by atoms with Crippen molar-refractivity contribution in [3.63, 3.8) is 0 Å². The van der Waals surface area contributed by atoms with Crippen LogP contribution in [0.3, 0.4) is 0 Å². The third kappa shape index (κ3) is 3.28. The number of nitrogens with zero attached hydrogens (tertiary/aromatic N) is 4. The highest BCUT2D eigenvalue weighted by Crippen LogP contribution is 2.25. The van der Waals surface area contributed by atoms with Gasteiger partial charge in [0.2, 0.25) is 5.82 Å². The van der Waals surface area contributed by atoms with Crippen LogP contribution in [-0.4, -0.2) is 38.9 Å². The van der Waals surface area contributed by atoms with E-state index in [9.17, 15) is 9.59 Å². The molecule has 1 aliphatic rings. The number of hydrogen-bond acceptors (Lipinski definition) is 6. The number of anilines is 1. The van der Waals surface area contributed by atoms with Gasteiger partial charge in [-0.1, -0.05) is 6.42 Å². The first-order chi connectivity index (χ1) is 11.6. The molecule has 0 radical (unpaired) electrons. The standard InChI is InChI=1S/C16H23N5O3/c1-19-15(22)14(18-20(2)16(19)23)17-11-12(13-7-6-10-24-13)21-8-4-3-5-9-21/h6-7,10,12H,3-5,8-9,11H2,1-2H3,(H,17,18)/t12-/m0/s1. The second-order valence-corrected chi connectivity index (χ2v) is 6.13. The minimum Gasteiger partial charge on any atom is -0.468 e. The zero-order chi connectivity index (χ0) is 17.1. The Morgan fingerprint density at radius 1 is 1.25 bits per heavy atom. The lowest BCUT2D eigenvalue weighted by Crippen LogP contribution is -2.41. The van der Waals surface area contributed by atoms with Crippen LogP contribution in [0.15, 0.2) is 32.4 Å². The van der Waals surface area contributed by atoms with Gasteiger partial charge in [0, 0.05) is 20.6 Å². The summed E-state index contributed by atoms with van der Waals surface area (Å²) >= 11 is 0. The Hall–Kier alpha value is -2.35. The summed E-state index contributed by atoms with van der Waals surface area (Å²) < 4.78 is 7.81. The molecule has 0 amide bonds. The molecule has 8 heteroatoms. The Labute approximate surface area is 139 Å². The Morgan fingerprint density at radius 2 is 2.00 bits per heavy atom. The highest BCUT2D eigenvalue weighted by molar-refractivity contribution is 5.30. The lowest BCUT2D eigenvalue weighted by atomic mass is 10.1. The number of piperidine rings is 1. The second kappa shape index (κ2) is 7.04. The van der Waals surface area contributed by atoms with E-state index in [1.54, 1.807) is 6.26 Å². The van der Waals surface area contributed by atoms with Crippen LogP contribution in [0, 0.1) is 0 Å². The molecule has 0 saturated carbocycles. The van der Waals surface area contributed by atoms with Crippen LogP contribution < -0.4 is 16.6 Å². The van der Waals surface area contributed by atoms with Crippen molar-refractivity contribution in [1.82, 2.24) is 19.2 Å². The van der Waals surface area contributed by atoms with Gasteiger partial charge in [0.25, 0.3) is 5.56 Å². The van der Waals surface area contributed by atoms with Gasteiger partial charge < -0.3 is 9.73 Å². The Balaban J connectivity index is 1.81. The van der Waals surface area contributed by atoms with Crippen molar-refractivity contribution in [2.45, 2.75) is 25.3 Å². The van der Waals surface area contributed by atoms with Gasteiger partial charge in [-0.05, 0) is 38.1 Å². The fraction of sp³-hybridized carbons (Fsp3) is 0.562. The molecule has 3 heterocycles. The van der Waals surface area contributed by atoms with E-state index >= 15 is 0 Å². The fourth-order valence-electron chi connectivity index (χ4n) is 3.12. The first-order valence-electron chi connectivity index (χ1n) is 8.23. The molecule has 0 spiro atoms. The predicted octanol–water partition coefficient (Wildman–Crippen LogP) is 0.711. The van der Waals surface area contributed by atoms with Crippen LogP contribution in [0.2, 0.25) is 0 Å². The summed E-state index contributed by atoms with van der Waals surface area (Å²) in [5.74, 6) is 1.04. The summed E-state index contributed by atoms with van der Waals surface area (Å²) in [4.78, 5) is 26.3. The van der Waals surface area contributed by atoms with Gasteiger partial charge in [-0.3, -0.25) is 14.3 Å². The van der Waals surface area contributed by atoms with Gasteiger partial charge in [-0.15, -0.1) is 5.10 Å². The smallest absolute Gasteiger partial charge is 0.346 e. The van der Waals surface area contributed by atoms with Gasteiger partial charge in [-0.25, -0.2) is 9.48 Å². The average molecular weight is 333 g/mol. The quantitative estimate of drug-likeness (QED) is 0.867. The number of aryl methyl sites for hydroxylation is 1. The Kier molecular flexibility index (Phi) is 4.84. The second-order valence-electron chi connectivity index (χ2n) is 6.13. The van der Waals surface area contributed by atoms with Gasteiger partial charge in [0.05, 0.1) is 12.3 Å². The molecule has 1 aliphatic heterocycles. The van der Waals surface area contributed by atoms with Crippen LogP contribution in [0.25, 0.3) is 0 Å². The topological polar surface area (TPSA) is 85.3 Å². The number of likely N-dealkylation sites (tertiary alicyclic amines) is 1. The van der Waals surface area contributed by atoms with Gasteiger partial charge in [0.1, 0.15) is 5.76 Å². The van der Waals surface area contributed by atoms with E-state index in [1.165, 1.54) is 20.5 Å². The third-order valence-electron chi connectivity index (χ3n) is 4.49. The van der Waals surface area contributed by atoms with E-state index in [0.717, 1.165) is 40.9 Å². The van der Waals surface area contributed by atoms with Crippen molar-refractivity contribution in [3.05, 3.63) is 45.0 Å². The molecular formula is C16H23N5O3. The summed E-state index contributed by atoms with van der Waals surface area (Å²) in [6.07, 6.45) is 5.24. The number of hydrogen-bond donors (Lipinski definition) is 1. The van der Waals surface area contributed by atoms with Crippen molar-refractivity contribution < 1.29 is 4.42 Å². The number of rotatable bonds is 5. The van der Waals surface area contributed by atoms with Crippen molar-refractivity contribution in [2.75, 3.05) is 25.0 Å². The fourth-order valence-corrected chi connectivity index (χ4v) is 3.12. The molecular weight excluding hydrogens is 310 g/mol. The monoisotopic (exact) mass is 333 g/mol. The summed E-state index contributed by atoms with van der Waals surface area (Å²) in [6, 6.07) is 3.85. The predicted molar refractivity (Wildman–Crippen MR) is 90.1 cm³/mol. The normalized spacial score (nSPS) is 16.9. The summed E-state index contributed by atoms with van der Waals surface area (Å²) in [5, 5.41) is 7.14. The molecule has 0 aliphatic carbocycles. The summed E-state index contributed by atoms with van der Waals surface area (Å²) in [5.41, 5.74) is -0.862. The first-order valence-corrected chi connectivity index (χ1v) is 8.23. The number of furan rings is 1. The lowest BCUT2D eigenvalue weighted by Gasteiger charge is -2.33. The summed E-state index contributed by atoms with van der Waals surface area (Å²) in [6.45, 7) is 2.51. The zero-order valence-corrected chi connectivity index (χ0v) is 14.1. The lowest BCUT2D eigenvalue weighted by molar-refractivity contribution is 0.152. The minimum absolute atomic E-state index is 0.0315. The molecule has 0 aromatic carbocycles. The molecule has 8 nitrogen and oxygen atoms in total.